The van der Waals surface area contributed by atoms with E-state index < -0.39 is 0 Å². The van der Waals surface area contributed by atoms with Crippen LogP contribution in [0.5, 0.6) is 0 Å². The minimum absolute atomic E-state index is 0.439. The molecule has 1 rings (SSSR count). The Morgan fingerprint density at radius 2 is 2.00 bits per heavy atom. The van der Waals surface area contributed by atoms with Gasteiger partial charge in [-0.1, -0.05) is 0 Å². The highest BCUT2D eigenvalue weighted by Crippen LogP contribution is 2.33. The van der Waals surface area contributed by atoms with Crippen LogP contribution in [-0.4, -0.2) is 12.6 Å². The van der Waals surface area contributed by atoms with Crippen molar-refractivity contribution in [2.45, 2.75) is 25.3 Å². The number of hydrogen-bond donors (Lipinski definition) is 2. The lowest BCUT2D eigenvalue weighted by Crippen LogP contribution is -2.37. The second-order valence-corrected chi connectivity index (χ2v) is 2.44. The van der Waals surface area contributed by atoms with Crippen molar-refractivity contribution >= 4 is 0 Å². The van der Waals surface area contributed by atoms with Gasteiger partial charge in [-0.3, -0.25) is 10.9 Å². The summed E-state index contributed by atoms with van der Waals surface area (Å²) in [5.41, 5.74) is 6.51. The van der Waals surface area contributed by atoms with Crippen LogP contribution in [0.2, 0.25) is 0 Å². The molecule has 0 amide bonds. The molecule has 0 aromatic rings. The van der Waals surface area contributed by atoms with Gasteiger partial charge in [-0.15, -0.1) is 0 Å². The van der Waals surface area contributed by atoms with Gasteiger partial charge in [-0.05, 0) is 26.8 Å². The summed E-state index contributed by atoms with van der Waals surface area (Å²) in [6.07, 6.45) is 2.63. The van der Waals surface area contributed by atoms with Crippen molar-refractivity contribution in [3.8, 4) is 0 Å². The van der Waals surface area contributed by atoms with Gasteiger partial charge >= 0.3 is 0 Å². The lowest BCUT2D eigenvalue weighted by atomic mass is 10.4. The molecule has 1 saturated carbocycles. The molecule has 0 radical (unpaired) electrons. The fourth-order valence-electron chi connectivity index (χ4n) is 0.614. The van der Waals surface area contributed by atoms with E-state index in [4.69, 9.17) is 0 Å². The fourth-order valence-corrected chi connectivity index (χ4v) is 0.614. The van der Waals surface area contributed by atoms with Crippen molar-refractivity contribution in [1.29, 1.82) is 0 Å². The molecule has 0 spiro atoms. The fraction of sp³-hybridized carbons (Fsp3) is 1.00. The molecule has 0 unspecified atom stereocenters. The largest absolute Gasteiger partial charge is 0.260 e. The topological polar surface area (TPSA) is 24.1 Å². The summed E-state index contributed by atoms with van der Waals surface area (Å²) in [5.74, 6) is 0. The van der Waals surface area contributed by atoms with Gasteiger partial charge in [0.05, 0.1) is 0 Å². The number of rotatable bonds is 2. The van der Waals surface area contributed by atoms with E-state index in [-0.39, 0.29) is 0 Å². The summed E-state index contributed by atoms with van der Waals surface area (Å²) in [5, 5.41) is 0. The summed E-state index contributed by atoms with van der Waals surface area (Å²) in [7, 11) is 1.91. The van der Waals surface area contributed by atoms with Crippen molar-refractivity contribution in [1.82, 2.24) is 10.9 Å². The van der Waals surface area contributed by atoms with Crippen LogP contribution >= 0.6 is 0 Å². The van der Waals surface area contributed by atoms with Gasteiger partial charge in [0.25, 0.3) is 0 Å². The minimum atomic E-state index is 0.439. The molecule has 0 saturated heterocycles. The third-order valence-electron chi connectivity index (χ3n) is 1.43. The Kier molecular flexibility index (Phi) is 1.05. The molecule has 1 fully saturated rings. The second kappa shape index (κ2) is 1.46. The minimum Gasteiger partial charge on any atom is -0.260 e. The van der Waals surface area contributed by atoms with Gasteiger partial charge in [0.15, 0.2) is 0 Å². The molecular weight excluding hydrogens is 88.1 g/mol. The molecule has 1 aliphatic rings. The van der Waals surface area contributed by atoms with E-state index in [0.29, 0.717) is 5.54 Å². The van der Waals surface area contributed by atoms with Crippen LogP contribution in [0, 0.1) is 0 Å². The highest BCUT2D eigenvalue weighted by Gasteiger charge is 2.36. The van der Waals surface area contributed by atoms with Crippen LogP contribution in [0.15, 0.2) is 0 Å². The van der Waals surface area contributed by atoms with E-state index in [1.807, 2.05) is 7.05 Å². The van der Waals surface area contributed by atoms with Crippen LogP contribution in [0.4, 0.5) is 0 Å². The first-order valence-electron chi connectivity index (χ1n) is 2.71. The summed E-state index contributed by atoms with van der Waals surface area (Å²) < 4.78 is 0. The van der Waals surface area contributed by atoms with Crippen molar-refractivity contribution < 1.29 is 0 Å². The van der Waals surface area contributed by atoms with Gasteiger partial charge in [0, 0.05) is 5.54 Å². The molecule has 0 aromatic carbocycles. The third-order valence-corrected chi connectivity index (χ3v) is 1.43. The highest BCUT2D eigenvalue weighted by molar-refractivity contribution is 4.95. The van der Waals surface area contributed by atoms with Crippen molar-refractivity contribution in [2.75, 3.05) is 7.05 Å². The Hall–Kier alpha value is -0.0800. The van der Waals surface area contributed by atoms with Crippen molar-refractivity contribution in [3.63, 3.8) is 0 Å². The molecule has 0 atom stereocenters. The van der Waals surface area contributed by atoms with E-state index in [9.17, 15) is 0 Å². The van der Waals surface area contributed by atoms with E-state index in [1.54, 1.807) is 0 Å². The summed E-state index contributed by atoms with van der Waals surface area (Å²) in [6, 6.07) is 0. The lowest BCUT2D eigenvalue weighted by molar-refractivity contribution is 0.475. The van der Waals surface area contributed by atoms with Gasteiger partial charge in [-0.25, -0.2) is 0 Å². The van der Waals surface area contributed by atoms with Crippen molar-refractivity contribution in [3.05, 3.63) is 0 Å². The van der Waals surface area contributed by atoms with E-state index in [2.05, 4.69) is 17.8 Å². The molecule has 0 heterocycles. The zero-order chi connectivity index (χ0) is 5.33. The number of hydrazine groups is 1. The summed E-state index contributed by atoms with van der Waals surface area (Å²) in [6.45, 7) is 2.21. The number of nitrogens with one attached hydrogen (secondary N) is 2. The molecule has 7 heavy (non-hydrogen) atoms. The predicted molar refractivity (Wildman–Crippen MR) is 29.8 cm³/mol. The Balaban J connectivity index is 2.13. The number of hydrogen-bond acceptors (Lipinski definition) is 2. The lowest BCUT2D eigenvalue weighted by Gasteiger charge is -2.07. The van der Waals surface area contributed by atoms with E-state index >= 15 is 0 Å². The molecule has 42 valence electrons. The standard InChI is InChI=1S/C5H12N2/c1-5(3-4-5)7-6-2/h6-7H,3-4H2,1-2H3. The Morgan fingerprint density at radius 3 is 2.14 bits per heavy atom. The molecule has 2 heteroatoms. The van der Waals surface area contributed by atoms with E-state index in [0.717, 1.165) is 0 Å². The molecule has 0 bridgehead atoms. The average Bonchev–Trinajstić information content (AvgIpc) is 2.22. The quantitative estimate of drug-likeness (QED) is 0.486. The normalized spacial score (nSPS) is 24.9. The first-order chi connectivity index (χ1) is 3.27. The summed E-state index contributed by atoms with van der Waals surface area (Å²) >= 11 is 0. The van der Waals surface area contributed by atoms with Crippen LogP contribution in [0.1, 0.15) is 19.8 Å². The Labute approximate surface area is 44.3 Å². The van der Waals surface area contributed by atoms with Gasteiger partial charge in [-0.2, -0.15) is 0 Å². The highest BCUT2D eigenvalue weighted by atomic mass is 15.4. The van der Waals surface area contributed by atoms with Crippen LogP contribution in [-0.2, 0) is 0 Å². The monoisotopic (exact) mass is 100 g/mol. The molecule has 0 aliphatic heterocycles. The SMILES string of the molecule is CNNC1(C)CC1. The molecule has 2 nitrogen and oxygen atoms in total. The average molecular weight is 100 g/mol. The van der Waals surface area contributed by atoms with Crippen LogP contribution in [0.3, 0.4) is 0 Å². The zero-order valence-corrected chi connectivity index (χ0v) is 4.91. The maximum Gasteiger partial charge on any atom is 0.0296 e. The van der Waals surface area contributed by atoms with E-state index in [1.165, 1.54) is 12.8 Å². The molecule has 2 N–H and O–H groups in total. The molecule has 0 aromatic heterocycles. The van der Waals surface area contributed by atoms with Gasteiger partial charge < -0.3 is 0 Å². The molecule has 1 aliphatic carbocycles. The smallest absolute Gasteiger partial charge is 0.0296 e. The second-order valence-electron chi connectivity index (χ2n) is 2.44. The Morgan fingerprint density at radius 1 is 1.43 bits per heavy atom. The Bertz CT molecular complexity index is 66.5. The van der Waals surface area contributed by atoms with Gasteiger partial charge in [0.1, 0.15) is 0 Å². The first-order valence-corrected chi connectivity index (χ1v) is 2.71. The predicted octanol–water partition coefficient (Wildman–Crippen LogP) is 0.263. The maximum absolute atomic E-state index is 3.15. The summed E-state index contributed by atoms with van der Waals surface area (Å²) in [4.78, 5) is 0. The molecular formula is C5H12N2. The third kappa shape index (κ3) is 1.14. The first kappa shape index (κ1) is 5.06. The van der Waals surface area contributed by atoms with Gasteiger partial charge in [0.2, 0.25) is 0 Å². The zero-order valence-electron chi connectivity index (χ0n) is 4.91. The maximum atomic E-state index is 3.15. The van der Waals surface area contributed by atoms with Crippen molar-refractivity contribution in [2.24, 2.45) is 0 Å². The van der Waals surface area contributed by atoms with Crippen LogP contribution in [0.25, 0.3) is 0 Å². The van der Waals surface area contributed by atoms with Crippen LogP contribution < -0.4 is 10.9 Å².